The Labute approximate surface area is 167 Å². The highest BCUT2D eigenvalue weighted by atomic mass is 19.4. The van der Waals surface area contributed by atoms with E-state index in [1.807, 2.05) is 0 Å². The smallest absolute Gasteiger partial charge is 0.377 e. The minimum Gasteiger partial charge on any atom is -0.377 e. The number of aromatic nitrogens is 2. The topological polar surface area (TPSA) is 47.4 Å². The minimum atomic E-state index is -4.56. The number of carbonyl (C=O) groups excluding carboxylic acids is 1. The van der Waals surface area contributed by atoms with Gasteiger partial charge in [0.2, 0.25) is 5.82 Å². The summed E-state index contributed by atoms with van der Waals surface area (Å²) in [6.07, 6.45) is -3.48. The van der Waals surface area contributed by atoms with Gasteiger partial charge in [-0.3, -0.25) is 4.79 Å². The van der Waals surface area contributed by atoms with E-state index in [0.717, 1.165) is 6.42 Å². The van der Waals surface area contributed by atoms with Gasteiger partial charge in [-0.2, -0.15) is 13.2 Å². The van der Waals surface area contributed by atoms with Gasteiger partial charge in [0.15, 0.2) is 0 Å². The SMILES string of the molecule is CC(C)n1c(C(F)(F)F)nc2cc(C(=O)N(C)[C@@H]3[C@H]4CCO[C@@H]4C3(C)C)ccc21. The molecule has 0 spiro atoms. The maximum atomic E-state index is 13.4. The van der Waals surface area contributed by atoms with Gasteiger partial charge in [-0.25, -0.2) is 4.98 Å². The molecule has 2 aromatic rings. The number of nitrogens with zero attached hydrogens (tertiary/aromatic N) is 3. The average Bonchev–Trinajstić information content (AvgIpc) is 3.22. The first-order valence-electron chi connectivity index (χ1n) is 9.92. The number of imidazole rings is 1. The molecule has 3 atom stereocenters. The summed E-state index contributed by atoms with van der Waals surface area (Å²) in [6.45, 7) is 8.26. The largest absolute Gasteiger partial charge is 0.449 e. The van der Waals surface area contributed by atoms with Gasteiger partial charge in [-0.15, -0.1) is 0 Å². The summed E-state index contributed by atoms with van der Waals surface area (Å²) in [7, 11) is 1.77. The molecule has 2 aliphatic rings. The van der Waals surface area contributed by atoms with Gasteiger partial charge in [0, 0.05) is 42.6 Å². The Hall–Kier alpha value is -2.09. The van der Waals surface area contributed by atoms with Gasteiger partial charge in [0.05, 0.1) is 17.1 Å². The van der Waals surface area contributed by atoms with Crippen molar-refractivity contribution in [2.45, 2.75) is 58.5 Å². The molecule has 1 saturated heterocycles. The van der Waals surface area contributed by atoms with E-state index >= 15 is 0 Å². The molecule has 2 heterocycles. The van der Waals surface area contributed by atoms with Crippen LogP contribution in [0.15, 0.2) is 18.2 Å². The lowest BCUT2D eigenvalue weighted by Gasteiger charge is -2.57. The summed E-state index contributed by atoms with van der Waals surface area (Å²) in [4.78, 5) is 18.7. The second kappa shape index (κ2) is 6.45. The fourth-order valence-electron chi connectivity index (χ4n) is 5.37. The molecule has 1 amide bonds. The van der Waals surface area contributed by atoms with Crippen molar-refractivity contribution in [3.63, 3.8) is 0 Å². The maximum Gasteiger partial charge on any atom is 0.449 e. The van der Waals surface area contributed by atoms with Crippen LogP contribution in [0.1, 0.15) is 56.3 Å². The van der Waals surface area contributed by atoms with Crippen LogP contribution in [0.3, 0.4) is 0 Å². The molecule has 158 valence electrons. The first-order valence-corrected chi connectivity index (χ1v) is 9.92. The molecule has 4 rings (SSSR count). The molecule has 1 aromatic carbocycles. The minimum absolute atomic E-state index is 0.0390. The first-order chi connectivity index (χ1) is 13.4. The van der Waals surface area contributed by atoms with Crippen LogP contribution in [0.2, 0.25) is 0 Å². The number of hydrogen-bond acceptors (Lipinski definition) is 3. The third kappa shape index (κ3) is 2.95. The molecule has 8 heteroatoms. The lowest BCUT2D eigenvalue weighted by molar-refractivity contribution is -0.147. The van der Waals surface area contributed by atoms with Gasteiger partial charge in [-0.1, -0.05) is 13.8 Å². The first kappa shape index (κ1) is 20.2. The lowest BCUT2D eigenvalue weighted by Crippen LogP contribution is -2.66. The van der Waals surface area contributed by atoms with E-state index < -0.39 is 18.0 Å². The Kier molecular flexibility index (Phi) is 4.49. The van der Waals surface area contributed by atoms with E-state index in [-0.39, 0.29) is 29.0 Å². The van der Waals surface area contributed by atoms with Crippen molar-refractivity contribution in [1.82, 2.24) is 14.5 Å². The Morgan fingerprint density at radius 2 is 2.03 bits per heavy atom. The van der Waals surface area contributed by atoms with Crippen LogP contribution in [0.5, 0.6) is 0 Å². The quantitative estimate of drug-likeness (QED) is 0.749. The van der Waals surface area contributed by atoms with Gasteiger partial charge in [0.1, 0.15) is 0 Å². The summed E-state index contributed by atoms with van der Waals surface area (Å²) in [5.41, 5.74) is 0.749. The third-order valence-electron chi connectivity index (χ3n) is 6.48. The molecule has 5 nitrogen and oxygen atoms in total. The van der Waals surface area contributed by atoms with Gasteiger partial charge >= 0.3 is 6.18 Å². The molecule has 0 unspecified atom stereocenters. The molecule has 2 fully saturated rings. The number of benzene rings is 1. The van der Waals surface area contributed by atoms with Crippen LogP contribution < -0.4 is 0 Å². The molecule has 29 heavy (non-hydrogen) atoms. The zero-order valence-electron chi connectivity index (χ0n) is 17.2. The summed E-state index contributed by atoms with van der Waals surface area (Å²) in [5, 5.41) is 0. The van der Waals surface area contributed by atoms with Gasteiger partial charge < -0.3 is 14.2 Å². The van der Waals surface area contributed by atoms with Crippen LogP contribution in [-0.4, -0.2) is 46.2 Å². The molecule has 1 aromatic heterocycles. The van der Waals surface area contributed by atoms with Crippen molar-refractivity contribution in [2.24, 2.45) is 11.3 Å². The molecule has 1 saturated carbocycles. The van der Waals surface area contributed by atoms with Gasteiger partial charge in [0.25, 0.3) is 5.91 Å². The molecular weight excluding hydrogens is 383 g/mol. The lowest BCUT2D eigenvalue weighted by atomic mass is 9.56. The number of fused-ring (bicyclic) bond motifs is 2. The third-order valence-corrected chi connectivity index (χ3v) is 6.48. The normalized spacial score (nSPS) is 25.9. The molecule has 0 radical (unpaired) electrons. The molecule has 1 aliphatic carbocycles. The Morgan fingerprint density at radius 1 is 1.34 bits per heavy atom. The van der Waals surface area contributed by atoms with Crippen molar-refractivity contribution in [2.75, 3.05) is 13.7 Å². The monoisotopic (exact) mass is 409 g/mol. The fraction of sp³-hybridized carbons (Fsp3) is 0.619. The number of carbonyl (C=O) groups is 1. The van der Waals surface area contributed by atoms with Crippen molar-refractivity contribution < 1.29 is 22.7 Å². The highest BCUT2D eigenvalue weighted by Crippen LogP contribution is 2.54. The van der Waals surface area contributed by atoms with E-state index in [0.29, 0.717) is 23.6 Å². The van der Waals surface area contributed by atoms with E-state index in [2.05, 4.69) is 18.8 Å². The number of alkyl halides is 3. The predicted molar refractivity (Wildman–Crippen MR) is 103 cm³/mol. The van der Waals surface area contributed by atoms with E-state index in [9.17, 15) is 18.0 Å². The number of rotatable bonds is 3. The summed E-state index contributed by atoms with van der Waals surface area (Å²) < 4.78 is 47.3. The Bertz CT molecular complexity index is 964. The van der Waals surface area contributed by atoms with E-state index in [1.54, 1.807) is 37.9 Å². The highest BCUT2D eigenvalue weighted by Gasteiger charge is 2.61. The molecule has 0 N–H and O–H groups in total. The van der Waals surface area contributed by atoms with E-state index in [4.69, 9.17) is 4.74 Å². The summed E-state index contributed by atoms with van der Waals surface area (Å²) in [5.74, 6) is -0.839. The maximum absolute atomic E-state index is 13.4. The van der Waals surface area contributed by atoms with Gasteiger partial charge in [-0.05, 0) is 38.5 Å². The number of amides is 1. The Morgan fingerprint density at radius 3 is 2.66 bits per heavy atom. The second-order valence-electron chi connectivity index (χ2n) is 9.03. The van der Waals surface area contributed by atoms with Crippen molar-refractivity contribution in [3.8, 4) is 0 Å². The van der Waals surface area contributed by atoms with Crippen molar-refractivity contribution >= 4 is 16.9 Å². The summed E-state index contributed by atoms with van der Waals surface area (Å²) >= 11 is 0. The molecular formula is C21H26F3N3O2. The van der Waals surface area contributed by atoms with Crippen LogP contribution >= 0.6 is 0 Å². The second-order valence-corrected chi connectivity index (χ2v) is 9.03. The van der Waals surface area contributed by atoms with E-state index in [1.165, 1.54) is 10.6 Å². The number of ether oxygens (including phenoxy) is 1. The number of halogens is 3. The Balaban J connectivity index is 1.68. The molecule has 1 aliphatic heterocycles. The van der Waals surface area contributed by atoms with Crippen LogP contribution in [0.4, 0.5) is 13.2 Å². The van der Waals surface area contributed by atoms with Crippen LogP contribution in [0.25, 0.3) is 11.0 Å². The van der Waals surface area contributed by atoms with Crippen LogP contribution in [-0.2, 0) is 10.9 Å². The zero-order chi connectivity index (χ0) is 21.3. The fourth-order valence-corrected chi connectivity index (χ4v) is 5.37. The van der Waals surface area contributed by atoms with Crippen molar-refractivity contribution in [1.29, 1.82) is 0 Å². The zero-order valence-corrected chi connectivity index (χ0v) is 17.2. The highest BCUT2D eigenvalue weighted by molar-refractivity contribution is 5.97. The standard InChI is InChI=1S/C21H26F3N3O2/c1-11(2)27-15-7-6-12(10-14(15)25-19(27)21(22,23)24)18(28)26(5)16-13-8-9-29-17(13)20(16,3)4/h6-7,10-11,13,16-17H,8-9H2,1-5H3/t13-,16-,17+/m1/s1. The molecule has 0 bridgehead atoms. The van der Waals surface area contributed by atoms with Crippen LogP contribution in [0, 0.1) is 11.3 Å². The predicted octanol–water partition coefficient (Wildman–Crippen LogP) is 4.52. The average molecular weight is 409 g/mol. The van der Waals surface area contributed by atoms with Crippen molar-refractivity contribution in [3.05, 3.63) is 29.6 Å². The number of hydrogen-bond donors (Lipinski definition) is 0. The summed E-state index contributed by atoms with van der Waals surface area (Å²) in [6, 6.07) is 4.26.